The summed E-state index contributed by atoms with van der Waals surface area (Å²) in [7, 11) is 1.30. The van der Waals surface area contributed by atoms with Crippen LogP contribution in [0.1, 0.15) is 20.7 Å². The van der Waals surface area contributed by atoms with Gasteiger partial charge in [0.1, 0.15) is 5.82 Å². The molecule has 0 heterocycles. The maximum Gasteiger partial charge on any atom is 0.339 e. The van der Waals surface area contributed by atoms with Crippen molar-refractivity contribution < 1.29 is 18.7 Å². The lowest BCUT2D eigenvalue weighted by Gasteiger charge is -2.06. The van der Waals surface area contributed by atoms with Crippen LogP contribution in [0.25, 0.3) is 0 Å². The first-order valence-corrected chi connectivity index (χ1v) is 6.52. The number of para-hydroxylation sites is 1. The first-order valence-electron chi connectivity index (χ1n) is 6.52. The van der Waals surface area contributed by atoms with Gasteiger partial charge in [-0.15, -0.1) is 0 Å². The number of ether oxygens (including phenoxy) is 1. The van der Waals surface area contributed by atoms with Crippen LogP contribution in [0.5, 0.6) is 0 Å². The predicted octanol–water partition coefficient (Wildman–Crippen LogP) is 3.42. The molecule has 0 radical (unpaired) electrons. The summed E-state index contributed by atoms with van der Waals surface area (Å²) in [6.45, 7) is 0. The van der Waals surface area contributed by atoms with E-state index in [1.807, 2.05) is 0 Å². The Morgan fingerprint density at radius 2 is 1.77 bits per heavy atom. The van der Waals surface area contributed by atoms with E-state index in [4.69, 9.17) is 0 Å². The van der Waals surface area contributed by atoms with Crippen LogP contribution in [-0.2, 0) is 4.74 Å². The molecule has 0 aliphatic rings. The van der Waals surface area contributed by atoms with Crippen LogP contribution in [0.15, 0.2) is 60.8 Å². The van der Waals surface area contributed by atoms with E-state index < -0.39 is 11.8 Å². The molecule has 0 aliphatic heterocycles. The van der Waals surface area contributed by atoms with Gasteiger partial charge in [-0.05, 0) is 36.4 Å². The number of anilines is 1. The molecular formula is C17H14FNO3. The molecule has 0 saturated carbocycles. The van der Waals surface area contributed by atoms with Crippen molar-refractivity contribution in [2.24, 2.45) is 0 Å². The highest BCUT2D eigenvalue weighted by Crippen LogP contribution is 2.16. The summed E-state index contributed by atoms with van der Waals surface area (Å²) in [5.74, 6) is -1.14. The second-order valence-electron chi connectivity index (χ2n) is 4.39. The zero-order valence-corrected chi connectivity index (χ0v) is 11.9. The third-order valence-corrected chi connectivity index (χ3v) is 2.93. The molecule has 1 N–H and O–H groups in total. The number of carbonyl (C=O) groups is 2. The van der Waals surface area contributed by atoms with Crippen LogP contribution in [0, 0.1) is 5.82 Å². The summed E-state index contributed by atoms with van der Waals surface area (Å²) in [4.78, 5) is 23.5. The molecule has 22 heavy (non-hydrogen) atoms. The SMILES string of the molecule is COC(=O)c1ccccc1NC=CC(=O)c1ccc(F)cc1. The largest absolute Gasteiger partial charge is 0.465 e. The number of benzene rings is 2. The molecule has 112 valence electrons. The van der Waals surface area contributed by atoms with Gasteiger partial charge in [0.05, 0.1) is 18.4 Å². The molecular weight excluding hydrogens is 285 g/mol. The number of halogens is 1. The van der Waals surface area contributed by atoms with Gasteiger partial charge in [0.25, 0.3) is 0 Å². The smallest absolute Gasteiger partial charge is 0.339 e. The van der Waals surface area contributed by atoms with E-state index in [1.165, 1.54) is 43.7 Å². The molecule has 4 nitrogen and oxygen atoms in total. The number of ketones is 1. The number of nitrogens with one attached hydrogen (secondary N) is 1. The number of hydrogen-bond acceptors (Lipinski definition) is 4. The Bertz CT molecular complexity index is 708. The summed E-state index contributed by atoms with van der Waals surface area (Å²) >= 11 is 0. The highest BCUT2D eigenvalue weighted by molar-refractivity contribution is 6.04. The van der Waals surface area contributed by atoms with Gasteiger partial charge in [0, 0.05) is 17.8 Å². The van der Waals surface area contributed by atoms with Crippen LogP contribution >= 0.6 is 0 Å². The van der Waals surface area contributed by atoms with Gasteiger partial charge >= 0.3 is 5.97 Å². The Balaban J connectivity index is 2.08. The Hall–Kier alpha value is -2.95. The fourth-order valence-corrected chi connectivity index (χ4v) is 1.81. The number of esters is 1. The Kier molecular flexibility index (Phi) is 5.03. The average Bonchev–Trinajstić information content (AvgIpc) is 2.55. The van der Waals surface area contributed by atoms with Gasteiger partial charge < -0.3 is 10.1 Å². The fraction of sp³-hybridized carbons (Fsp3) is 0.0588. The molecule has 0 aromatic heterocycles. The molecule has 0 bridgehead atoms. The maximum atomic E-state index is 12.8. The van der Waals surface area contributed by atoms with Crippen molar-refractivity contribution in [3.8, 4) is 0 Å². The summed E-state index contributed by atoms with van der Waals surface area (Å²) in [5, 5.41) is 2.86. The molecule has 0 aliphatic carbocycles. The van der Waals surface area contributed by atoms with E-state index in [0.29, 0.717) is 16.8 Å². The molecule has 0 fully saturated rings. The van der Waals surface area contributed by atoms with Crippen molar-refractivity contribution >= 4 is 17.4 Å². The lowest BCUT2D eigenvalue weighted by Crippen LogP contribution is -2.05. The zero-order valence-electron chi connectivity index (χ0n) is 11.9. The minimum absolute atomic E-state index is 0.275. The lowest BCUT2D eigenvalue weighted by molar-refractivity contribution is 0.0601. The topological polar surface area (TPSA) is 55.4 Å². The maximum absolute atomic E-state index is 12.8. The molecule has 2 aromatic rings. The van der Waals surface area contributed by atoms with Gasteiger partial charge in [-0.25, -0.2) is 9.18 Å². The van der Waals surface area contributed by atoms with Crippen molar-refractivity contribution in [1.82, 2.24) is 0 Å². The Morgan fingerprint density at radius 1 is 1.09 bits per heavy atom. The van der Waals surface area contributed by atoms with Crippen LogP contribution in [0.3, 0.4) is 0 Å². The standard InChI is InChI=1S/C17H14FNO3/c1-22-17(21)14-4-2-3-5-15(14)19-11-10-16(20)12-6-8-13(18)9-7-12/h2-11,19H,1H3. The Labute approximate surface area is 127 Å². The number of methoxy groups -OCH3 is 1. The quantitative estimate of drug-likeness (QED) is 0.522. The van der Waals surface area contributed by atoms with E-state index in [2.05, 4.69) is 10.1 Å². The molecule has 2 rings (SSSR count). The Morgan fingerprint density at radius 3 is 2.45 bits per heavy atom. The van der Waals surface area contributed by atoms with Crippen molar-refractivity contribution in [3.63, 3.8) is 0 Å². The van der Waals surface area contributed by atoms with Gasteiger partial charge in [-0.3, -0.25) is 4.79 Å². The number of rotatable bonds is 5. The molecule has 5 heteroatoms. The second-order valence-corrected chi connectivity index (χ2v) is 4.39. The van der Waals surface area contributed by atoms with Crippen molar-refractivity contribution in [2.75, 3.05) is 12.4 Å². The van der Waals surface area contributed by atoms with Crippen LogP contribution in [-0.4, -0.2) is 18.9 Å². The van der Waals surface area contributed by atoms with Gasteiger partial charge in [-0.2, -0.15) is 0 Å². The second kappa shape index (κ2) is 7.17. The van der Waals surface area contributed by atoms with E-state index >= 15 is 0 Å². The number of allylic oxidation sites excluding steroid dienone is 1. The minimum atomic E-state index is -0.471. The minimum Gasteiger partial charge on any atom is -0.465 e. The fourth-order valence-electron chi connectivity index (χ4n) is 1.81. The molecule has 0 unspecified atom stereocenters. The molecule has 2 aromatic carbocycles. The van der Waals surface area contributed by atoms with Crippen LogP contribution < -0.4 is 5.32 Å². The van der Waals surface area contributed by atoms with Crippen molar-refractivity contribution in [1.29, 1.82) is 0 Å². The molecule has 0 amide bonds. The average molecular weight is 299 g/mol. The summed E-state index contributed by atoms with van der Waals surface area (Å²) in [6.07, 6.45) is 2.73. The predicted molar refractivity (Wildman–Crippen MR) is 81.3 cm³/mol. The third kappa shape index (κ3) is 3.79. The van der Waals surface area contributed by atoms with Crippen LogP contribution in [0.4, 0.5) is 10.1 Å². The first kappa shape index (κ1) is 15.4. The van der Waals surface area contributed by atoms with Crippen LogP contribution in [0.2, 0.25) is 0 Å². The molecule has 0 spiro atoms. The monoisotopic (exact) mass is 299 g/mol. The van der Waals surface area contributed by atoms with Crippen molar-refractivity contribution in [2.45, 2.75) is 0 Å². The van der Waals surface area contributed by atoms with E-state index in [-0.39, 0.29) is 5.78 Å². The zero-order chi connectivity index (χ0) is 15.9. The summed E-state index contributed by atoms with van der Waals surface area (Å²) in [5.41, 5.74) is 1.27. The highest BCUT2D eigenvalue weighted by Gasteiger charge is 2.09. The molecule has 0 saturated heterocycles. The van der Waals surface area contributed by atoms with Gasteiger partial charge in [-0.1, -0.05) is 12.1 Å². The van der Waals surface area contributed by atoms with E-state index in [9.17, 15) is 14.0 Å². The summed E-state index contributed by atoms with van der Waals surface area (Å²) < 4.78 is 17.5. The molecule has 0 atom stereocenters. The normalized spacial score (nSPS) is 10.5. The first-order chi connectivity index (χ1) is 10.6. The van der Waals surface area contributed by atoms with Gasteiger partial charge in [0.2, 0.25) is 0 Å². The lowest BCUT2D eigenvalue weighted by atomic mass is 10.1. The highest BCUT2D eigenvalue weighted by atomic mass is 19.1. The number of carbonyl (C=O) groups excluding carboxylic acids is 2. The number of hydrogen-bond donors (Lipinski definition) is 1. The third-order valence-electron chi connectivity index (χ3n) is 2.93. The van der Waals surface area contributed by atoms with Crippen molar-refractivity contribution in [3.05, 3.63) is 77.8 Å². The summed E-state index contributed by atoms with van der Waals surface area (Å²) in [6, 6.07) is 12.0. The van der Waals surface area contributed by atoms with E-state index in [0.717, 1.165) is 0 Å². The van der Waals surface area contributed by atoms with E-state index in [1.54, 1.807) is 24.3 Å². The van der Waals surface area contributed by atoms with Gasteiger partial charge in [0.15, 0.2) is 5.78 Å².